The fourth-order valence-electron chi connectivity index (χ4n) is 2.48. The zero-order valence-corrected chi connectivity index (χ0v) is 18.0. The smallest absolute Gasteiger partial charge is 0.193 e. The minimum atomic E-state index is -3.03. The van der Waals surface area contributed by atoms with Crippen molar-refractivity contribution in [1.82, 2.24) is 15.2 Å². The Labute approximate surface area is 159 Å². The predicted octanol–water partition coefficient (Wildman–Crippen LogP) is 1.70. The van der Waals surface area contributed by atoms with Gasteiger partial charge in [-0.05, 0) is 20.8 Å². The molecule has 1 aromatic heterocycles. The Hall–Kier alpha value is -0.420. The van der Waals surface area contributed by atoms with Crippen molar-refractivity contribution in [2.45, 2.75) is 31.9 Å². The van der Waals surface area contributed by atoms with Gasteiger partial charge in [0.15, 0.2) is 15.8 Å². The van der Waals surface area contributed by atoms with Crippen LogP contribution in [0.2, 0.25) is 0 Å². The first-order valence-electron chi connectivity index (χ1n) is 7.34. The Morgan fingerprint density at radius 3 is 2.74 bits per heavy atom. The van der Waals surface area contributed by atoms with Gasteiger partial charge in [0.1, 0.15) is 0 Å². The van der Waals surface area contributed by atoms with Crippen molar-refractivity contribution in [2.75, 3.05) is 32.4 Å². The van der Waals surface area contributed by atoms with Crippen LogP contribution in [0.3, 0.4) is 0 Å². The molecule has 0 spiro atoms. The summed E-state index contributed by atoms with van der Waals surface area (Å²) in [6.07, 6.45) is 0.832. The van der Waals surface area contributed by atoms with Crippen LogP contribution in [0.25, 0.3) is 0 Å². The van der Waals surface area contributed by atoms with Gasteiger partial charge in [0.25, 0.3) is 0 Å². The predicted molar refractivity (Wildman–Crippen MR) is 107 cm³/mol. The van der Waals surface area contributed by atoms with Crippen LogP contribution < -0.4 is 5.32 Å². The molecule has 2 rings (SSSR count). The first-order chi connectivity index (χ1) is 10.2. The molecule has 2 heterocycles. The molecule has 1 aromatic rings. The van der Waals surface area contributed by atoms with Gasteiger partial charge in [-0.2, -0.15) is 0 Å². The van der Waals surface area contributed by atoms with Gasteiger partial charge in [0.2, 0.25) is 0 Å². The third kappa shape index (κ3) is 5.02. The first-order valence-corrected chi connectivity index (χ1v) is 9.87. The van der Waals surface area contributed by atoms with E-state index in [0.29, 0.717) is 13.1 Å². The minimum absolute atomic E-state index is 0. The molecule has 0 saturated carbocycles. The number of aliphatic imine (C=N–C) groups is 1. The van der Waals surface area contributed by atoms with Crippen molar-refractivity contribution in [3.63, 3.8) is 0 Å². The van der Waals surface area contributed by atoms with E-state index in [4.69, 9.17) is 0 Å². The van der Waals surface area contributed by atoms with E-state index in [1.165, 1.54) is 0 Å². The summed E-state index contributed by atoms with van der Waals surface area (Å²) in [6, 6.07) is 0. The molecule has 1 aliphatic rings. The molecule has 0 radical (unpaired) electrons. The van der Waals surface area contributed by atoms with Crippen molar-refractivity contribution < 1.29 is 8.42 Å². The highest BCUT2D eigenvalue weighted by Gasteiger charge is 2.40. The Morgan fingerprint density at radius 1 is 1.52 bits per heavy atom. The number of nitrogens with zero attached hydrogens (tertiary/aromatic N) is 3. The highest BCUT2D eigenvalue weighted by Crippen LogP contribution is 2.23. The number of sulfone groups is 1. The van der Waals surface area contributed by atoms with Crippen molar-refractivity contribution in [1.29, 1.82) is 0 Å². The average Bonchev–Trinajstić information content (AvgIpc) is 2.84. The summed E-state index contributed by atoms with van der Waals surface area (Å²) in [6.45, 7) is 7.24. The van der Waals surface area contributed by atoms with Gasteiger partial charge in [-0.25, -0.2) is 13.4 Å². The SMILES string of the molecule is CN=C(NCCc1csc(C)n1)N1CCS(=O)(=O)C(C)(C)C1.I. The molecule has 1 saturated heterocycles. The maximum absolute atomic E-state index is 12.1. The second-order valence-electron chi connectivity index (χ2n) is 6.08. The molecule has 1 N–H and O–H groups in total. The van der Waals surface area contributed by atoms with E-state index < -0.39 is 14.6 Å². The molecule has 9 heteroatoms. The van der Waals surface area contributed by atoms with E-state index in [1.807, 2.05) is 11.8 Å². The molecule has 1 aliphatic heterocycles. The zero-order chi connectivity index (χ0) is 16.4. The molecule has 0 aliphatic carbocycles. The fraction of sp³-hybridized carbons (Fsp3) is 0.714. The third-order valence-corrected chi connectivity index (χ3v) is 7.24. The van der Waals surface area contributed by atoms with Crippen molar-refractivity contribution in [2.24, 2.45) is 4.99 Å². The van der Waals surface area contributed by atoms with Gasteiger partial charge in [-0.15, -0.1) is 35.3 Å². The summed E-state index contributed by atoms with van der Waals surface area (Å²) >= 11 is 1.65. The summed E-state index contributed by atoms with van der Waals surface area (Å²) in [5.74, 6) is 0.932. The maximum atomic E-state index is 12.1. The largest absolute Gasteiger partial charge is 0.356 e. The molecule has 132 valence electrons. The molecular weight excluding hydrogens is 447 g/mol. The summed E-state index contributed by atoms with van der Waals surface area (Å²) in [5, 5.41) is 6.45. The Kier molecular flexibility index (Phi) is 7.27. The lowest BCUT2D eigenvalue weighted by molar-refractivity contribution is 0.353. The Balaban J connectivity index is 0.00000264. The normalized spacial score (nSPS) is 20.0. The van der Waals surface area contributed by atoms with Crippen LogP contribution in [0.15, 0.2) is 10.4 Å². The second-order valence-corrected chi connectivity index (χ2v) is 9.89. The molecule has 0 aromatic carbocycles. The average molecular weight is 472 g/mol. The van der Waals surface area contributed by atoms with E-state index >= 15 is 0 Å². The van der Waals surface area contributed by atoms with Gasteiger partial charge in [0.05, 0.1) is 21.2 Å². The van der Waals surface area contributed by atoms with E-state index in [1.54, 1.807) is 32.2 Å². The van der Waals surface area contributed by atoms with E-state index in [2.05, 4.69) is 20.7 Å². The summed E-state index contributed by atoms with van der Waals surface area (Å²) in [4.78, 5) is 10.7. The maximum Gasteiger partial charge on any atom is 0.193 e. The zero-order valence-electron chi connectivity index (χ0n) is 14.0. The van der Waals surface area contributed by atoms with Crippen LogP contribution in [0.4, 0.5) is 0 Å². The van der Waals surface area contributed by atoms with Crippen LogP contribution in [-0.2, 0) is 16.3 Å². The number of nitrogens with one attached hydrogen (secondary N) is 1. The number of rotatable bonds is 3. The molecule has 0 amide bonds. The van der Waals surface area contributed by atoms with E-state index in [0.717, 1.165) is 29.6 Å². The van der Waals surface area contributed by atoms with Gasteiger partial charge in [-0.3, -0.25) is 4.99 Å². The quantitative estimate of drug-likeness (QED) is 0.412. The van der Waals surface area contributed by atoms with Crippen LogP contribution in [0.5, 0.6) is 0 Å². The van der Waals surface area contributed by atoms with E-state index in [-0.39, 0.29) is 29.7 Å². The third-order valence-electron chi connectivity index (χ3n) is 3.89. The van der Waals surface area contributed by atoms with Crippen LogP contribution >= 0.6 is 35.3 Å². The van der Waals surface area contributed by atoms with Gasteiger partial charge in [-0.1, -0.05) is 0 Å². The van der Waals surface area contributed by atoms with Gasteiger partial charge < -0.3 is 10.2 Å². The number of aryl methyl sites for hydroxylation is 1. The monoisotopic (exact) mass is 472 g/mol. The number of halogens is 1. The highest BCUT2D eigenvalue weighted by molar-refractivity contribution is 14.0. The molecule has 0 bridgehead atoms. The van der Waals surface area contributed by atoms with Crippen LogP contribution in [0, 0.1) is 6.92 Å². The minimum Gasteiger partial charge on any atom is -0.356 e. The summed E-state index contributed by atoms with van der Waals surface area (Å²) in [7, 11) is -1.30. The lowest BCUT2D eigenvalue weighted by atomic mass is 10.2. The molecule has 23 heavy (non-hydrogen) atoms. The fourth-order valence-corrected chi connectivity index (χ4v) is 4.50. The molecule has 0 unspecified atom stereocenters. The van der Waals surface area contributed by atoms with Gasteiger partial charge in [0, 0.05) is 38.5 Å². The lowest BCUT2D eigenvalue weighted by Gasteiger charge is -2.39. The summed E-state index contributed by atoms with van der Waals surface area (Å²) in [5.41, 5.74) is 1.08. The Morgan fingerprint density at radius 2 is 2.22 bits per heavy atom. The summed E-state index contributed by atoms with van der Waals surface area (Å²) < 4.78 is 23.4. The molecule has 0 atom stereocenters. The number of aromatic nitrogens is 1. The van der Waals surface area contributed by atoms with Gasteiger partial charge >= 0.3 is 0 Å². The standard InChI is InChI=1S/C14H24N4O2S2.HI/c1-11-17-12(9-21-11)5-6-16-13(15-4)18-7-8-22(19,20)14(2,3)10-18;/h9H,5-8,10H2,1-4H3,(H,15,16);1H. The van der Waals surface area contributed by atoms with E-state index in [9.17, 15) is 8.42 Å². The lowest BCUT2D eigenvalue weighted by Crippen LogP contribution is -2.57. The van der Waals surface area contributed by atoms with Crippen molar-refractivity contribution in [3.8, 4) is 0 Å². The first kappa shape index (κ1) is 20.6. The second kappa shape index (κ2) is 8.11. The Bertz CT molecular complexity index is 655. The molecule has 1 fully saturated rings. The number of guanidine groups is 1. The van der Waals surface area contributed by atoms with Crippen molar-refractivity contribution >= 4 is 51.1 Å². The van der Waals surface area contributed by atoms with Crippen LogP contribution in [0.1, 0.15) is 24.5 Å². The number of thiazole rings is 1. The number of hydrogen-bond acceptors (Lipinski definition) is 5. The molecule has 6 nitrogen and oxygen atoms in total. The van der Waals surface area contributed by atoms with Crippen LogP contribution in [-0.4, -0.2) is 61.4 Å². The van der Waals surface area contributed by atoms with Crippen molar-refractivity contribution in [3.05, 3.63) is 16.1 Å². The topological polar surface area (TPSA) is 74.7 Å². The molecular formula is C14H25IN4O2S2. The highest BCUT2D eigenvalue weighted by atomic mass is 127. The number of hydrogen-bond donors (Lipinski definition) is 1.